The first-order valence-electron chi connectivity index (χ1n) is 12.1. The van der Waals surface area contributed by atoms with Crippen molar-refractivity contribution in [2.45, 2.75) is 70.8 Å². The summed E-state index contributed by atoms with van der Waals surface area (Å²) in [6, 6.07) is 7.50. The summed E-state index contributed by atoms with van der Waals surface area (Å²) in [5.41, 5.74) is 7.93. The molecule has 4 N–H and O–H groups in total. The van der Waals surface area contributed by atoms with Gasteiger partial charge < -0.3 is 20.5 Å². The van der Waals surface area contributed by atoms with Crippen LogP contribution in [0.15, 0.2) is 24.3 Å². The van der Waals surface area contributed by atoms with Gasteiger partial charge in [0.2, 0.25) is 5.91 Å². The van der Waals surface area contributed by atoms with Crippen LogP contribution >= 0.6 is 0 Å². The number of fused-ring (bicyclic) bond motifs is 1. The number of nitrogens with two attached hydrogens (primary N) is 1. The second-order valence-corrected chi connectivity index (χ2v) is 9.42. The number of hydrogen-bond donors (Lipinski definition) is 3. The van der Waals surface area contributed by atoms with Crippen molar-refractivity contribution < 1.29 is 37.8 Å². The molecule has 1 aliphatic heterocycles. The van der Waals surface area contributed by atoms with Crippen molar-refractivity contribution in [3.05, 3.63) is 35.5 Å². The van der Waals surface area contributed by atoms with E-state index in [1.54, 1.807) is 0 Å². The summed E-state index contributed by atoms with van der Waals surface area (Å²) in [5, 5.41) is 18.1. The Morgan fingerprint density at radius 2 is 1.67 bits per heavy atom. The van der Waals surface area contributed by atoms with Crippen molar-refractivity contribution in [3.8, 4) is 0 Å². The molecule has 0 spiro atoms. The number of hydrogen-bond acceptors (Lipinski definition) is 4. The van der Waals surface area contributed by atoms with E-state index >= 15 is 0 Å². The van der Waals surface area contributed by atoms with Gasteiger partial charge in [0.25, 0.3) is 0 Å². The van der Waals surface area contributed by atoms with Gasteiger partial charge in [-0.3, -0.25) is 9.69 Å². The number of halogens is 3. The van der Waals surface area contributed by atoms with Gasteiger partial charge in [-0.15, -0.1) is 0 Å². The third-order valence-corrected chi connectivity index (χ3v) is 7.45. The number of benzene rings is 1. The lowest BCUT2D eigenvalue weighted by Crippen LogP contribution is -2.46. The van der Waals surface area contributed by atoms with Crippen LogP contribution in [0.4, 0.5) is 13.2 Å². The van der Waals surface area contributed by atoms with E-state index < -0.39 is 18.1 Å². The molecular weight excluding hydrogens is 479 g/mol. The predicted molar refractivity (Wildman–Crippen MR) is 126 cm³/mol. The highest BCUT2D eigenvalue weighted by molar-refractivity contribution is 5.98. The highest BCUT2D eigenvalue weighted by Crippen LogP contribution is 2.46. The Bertz CT molecular complexity index is 1120. The monoisotopic (exact) mass is 511 g/mol. The van der Waals surface area contributed by atoms with E-state index in [-0.39, 0.29) is 24.0 Å². The summed E-state index contributed by atoms with van der Waals surface area (Å²) >= 11 is 0. The normalized spacial score (nSPS) is 23.3. The molecule has 36 heavy (non-hydrogen) atoms. The molecule has 1 aromatic carbocycles. The average molecular weight is 512 g/mol. The van der Waals surface area contributed by atoms with Gasteiger partial charge in [0.1, 0.15) is 5.69 Å². The van der Waals surface area contributed by atoms with Crippen LogP contribution in [0, 0.1) is 18.8 Å². The van der Waals surface area contributed by atoms with Gasteiger partial charge >= 0.3 is 18.1 Å². The zero-order chi connectivity index (χ0) is 26.8. The fourth-order valence-electron chi connectivity index (χ4n) is 5.99. The predicted octanol–water partition coefficient (Wildman–Crippen LogP) is 4.56. The molecule has 11 heteroatoms. The molecule has 1 aliphatic carbocycles. The molecule has 4 rings (SSSR count). The van der Waals surface area contributed by atoms with Gasteiger partial charge in [-0.25, -0.2) is 9.59 Å². The summed E-state index contributed by atoms with van der Waals surface area (Å²) in [5.74, 6) is -3.30. The van der Waals surface area contributed by atoms with Crippen LogP contribution in [0.25, 0.3) is 10.9 Å². The second kappa shape index (κ2) is 10.9. The van der Waals surface area contributed by atoms with Crippen LogP contribution in [-0.2, 0) is 9.59 Å². The van der Waals surface area contributed by atoms with Gasteiger partial charge in [0.15, 0.2) is 0 Å². The van der Waals surface area contributed by atoms with Gasteiger partial charge in [0.05, 0.1) is 17.7 Å². The first-order chi connectivity index (χ1) is 16.9. The highest BCUT2D eigenvalue weighted by atomic mass is 19.4. The standard InChI is InChI=1S/C23H31N3O3.C2HF3O2/c1-3-25-19(13-17(21(25)22(24)27)15-9-5-4-6-10-15)26-18-12-8-7-11-16(18)14(2)20(26)23(28)29;3-2(4,5)1(6)7/h7-8,11-12,15,17,19,21H,3-6,9-10,13H2,1-2H3,(H2,24,27)(H,28,29);(H,6,7)/t17-,19?,21-;/m0./s1. The summed E-state index contributed by atoms with van der Waals surface area (Å²) in [4.78, 5) is 35.8. The number of primary amides is 1. The fraction of sp³-hybridized carbons (Fsp3) is 0.560. The van der Waals surface area contributed by atoms with E-state index in [1.165, 1.54) is 19.3 Å². The minimum atomic E-state index is -5.08. The van der Waals surface area contributed by atoms with Crippen molar-refractivity contribution in [1.82, 2.24) is 9.47 Å². The summed E-state index contributed by atoms with van der Waals surface area (Å²) in [7, 11) is 0. The maximum absolute atomic E-state index is 12.5. The molecule has 2 aliphatic rings. The Morgan fingerprint density at radius 1 is 1.08 bits per heavy atom. The highest BCUT2D eigenvalue weighted by Gasteiger charge is 2.48. The molecular formula is C25H32F3N3O5. The number of aromatic carboxylic acids is 1. The Kier molecular flexibility index (Phi) is 8.33. The molecule has 1 amide bonds. The Labute approximate surface area is 206 Å². The number of likely N-dealkylation sites (N-methyl/N-ethyl adjacent to an activating group) is 1. The molecule has 198 valence electrons. The molecule has 2 fully saturated rings. The quantitative estimate of drug-likeness (QED) is 0.541. The third-order valence-electron chi connectivity index (χ3n) is 7.45. The van der Waals surface area contributed by atoms with Gasteiger partial charge in [0, 0.05) is 5.39 Å². The summed E-state index contributed by atoms with van der Waals surface area (Å²) in [6.07, 6.45) is 1.45. The van der Waals surface area contributed by atoms with Gasteiger partial charge in [-0.1, -0.05) is 57.2 Å². The molecule has 1 saturated carbocycles. The molecule has 8 nitrogen and oxygen atoms in total. The molecule has 3 atom stereocenters. The number of aliphatic carboxylic acids is 1. The van der Waals surface area contributed by atoms with Crippen molar-refractivity contribution in [2.75, 3.05) is 6.54 Å². The zero-order valence-corrected chi connectivity index (χ0v) is 20.3. The molecule has 1 unspecified atom stereocenters. The van der Waals surface area contributed by atoms with Gasteiger partial charge in [-0.2, -0.15) is 13.2 Å². The van der Waals surface area contributed by atoms with Gasteiger partial charge in [-0.05, 0) is 43.4 Å². The number of para-hydroxylation sites is 1. The van der Waals surface area contributed by atoms with E-state index in [9.17, 15) is 27.9 Å². The lowest BCUT2D eigenvalue weighted by atomic mass is 9.76. The van der Waals surface area contributed by atoms with Crippen LogP contribution < -0.4 is 5.73 Å². The minimum Gasteiger partial charge on any atom is -0.477 e. The number of aromatic nitrogens is 1. The minimum absolute atomic E-state index is 0.172. The van der Waals surface area contributed by atoms with Crippen molar-refractivity contribution >= 4 is 28.7 Å². The molecule has 2 aromatic rings. The SMILES string of the molecule is CCN1C(n2c(C(=O)O)c(C)c3ccccc32)C[C@@H](C2CCCCC2)[C@H]1C(N)=O.O=C(O)C(F)(F)F. The fourth-order valence-corrected chi connectivity index (χ4v) is 5.99. The Morgan fingerprint density at radius 3 is 2.17 bits per heavy atom. The van der Waals surface area contributed by atoms with Crippen molar-refractivity contribution in [1.29, 1.82) is 0 Å². The topological polar surface area (TPSA) is 126 Å². The van der Waals surface area contributed by atoms with Crippen LogP contribution in [0.2, 0.25) is 0 Å². The largest absolute Gasteiger partial charge is 0.490 e. The number of carboxylic acid groups (broad SMARTS) is 2. The number of amides is 1. The number of likely N-dealkylation sites (tertiary alicyclic amines) is 1. The van der Waals surface area contributed by atoms with E-state index in [0.717, 1.165) is 35.7 Å². The number of aryl methyl sites for hydroxylation is 1. The van der Waals surface area contributed by atoms with Crippen LogP contribution in [0.3, 0.4) is 0 Å². The smallest absolute Gasteiger partial charge is 0.477 e. The van der Waals surface area contributed by atoms with Crippen LogP contribution in [0.5, 0.6) is 0 Å². The lowest BCUT2D eigenvalue weighted by molar-refractivity contribution is -0.192. The number of rotatable bonds is 5. The number of carbonyl (C=O) groups excluding carboxylic acids is 1. The maximum Gasteiger partial charge on any atom is 0.490 e. The zero-order valence-electron chi connectivity index (χ0n) is 20.3. The summed E-state index contributed by atoms with van der Waals surface area (Å²) in [6.45, 7) is 4.56. The second-order valence-electron chi connectivity index (χ2n) is 9.42. The van der Waals surface area contributed by atoms with E-state index in [1.807, 2.05) is 42.7 Å². The average Bonchev–Trinajstić information content (AvgIpc) is 3.35. The number of alkyl halides is 3. The van der Waals surface area contributed by atoms with E-state index in [4.69, 9.17) is 15.6 Å². The first kappa shape index (κ1) is 27.5. The first-order valence-corrected chi connectivity index (χ1v) is 12.1. The third kappa shape index (κ3) is 5.35. The molecule has 0 radical (unpaired) electrons. The Hall–Kier alpha value is -3.08. The van der Waals surface area contributed by atoms with Crippen LogP contribution in [0.1, 0.15) is 67.7 Å². The molecule has 1 aromatic heterocycles. The maximum atomic E-state index is 12.5. The molecule has 0 bridgehead atoms. The van der Waals surface area contributed by atoms with Crippen LogP contribution in [-0.4, -0.2) is 56.3 Å². The number of carbonyl (C=O) groups is 3. The number of nitrogens with zero attached hydrogens (tertiary/aromatic N) is 2. The van der Waals surface area contributed by atoms with E-state index in [2.05, 4.69) is 4.90 Å². The Balaban J connectivity index is 0.000000454. The number of carboxylic acids is 2. The van der Waals surface area contributed by atoms with Crippen molar-refractivity contribution in [3.63, 3.8) is 0 Å². The molecule has 2 heterocycles. The molecule has 1 saturated heterocycles. The van der Waals surface area contributed by atoms with Crippen molar-refractivity contribution in [2.24, 2.45) is 17.6 Å². The lowest BCUT2D eigenvalue weighted by Gasteiger charge is -2.33. The van der Waals surface area contributed by atoms with E-state index in [0.29, 0.717) is 18.2 Å². The summed E-state index contributed by atoms with van der Waals surface area (Å²) < 4.78 is 33.7.